The van der Waals surface area contributed by atoms with Gasteiger partial charge in [0.1, 0.15) is 5.84 Å². The van der Waals surface area contributed by atoms with E-state index >= 15 is 0 Å². The van der Waals surface area contributed by atoms with Gasteiger partial charge >= 0.3 is 0 Å². The van der Waals surface area contributed by atoms with Gasteiger partial charge < -0.3 is 4.90 Å². The molecule has 2 nitrogen and oxygen atoms in total. The highest BCUT2D eigenvalue weighted by Gasteiger charge is 2.22. The van der Waals surface area contributed by atoms with Crippen molar-refractivity contribution in [2.75, 3.05) is 7.05 Å². The summed E-state index contributed by atoms with van der Waals surface area (Å²) in [5.41, 5.74) is 5.08. The van der Waals surface area contributed by atoms with Crippen molar-refractivity contribution in [2.24, 2.45) is 4.99 Å². The average Bonchev–Trinajstić information content (AvgIpc) is 2.58. The minimum absolute atomic E-state index is 0.350. The molecule has 0 bridgehead atoms. The first-order valence-electron chi connectivity index (χ1n) is 7.08. The molecule has 0 fully saturated rings. The van der Waals surface area contributed by atoms with E-state index < -0.39 is 0 Å². The van der Waals surface area contributed by atoms with Gasteiger partial charge in [0.25, 0.3) is 0 Å². The van der Waals surface area contributed by atoms with E-state index in [2.05, 4.69) is 74.3 Å². The van der Waals surface area contributed by atoms with Crippen LogP contribution in [0.25, 0.3) is 0 Å². The Morgan fingerprint density at radius 3 is 2.45 bits per heavy atom. The lowest BCUT2D eigenvalue weighted by Crippen LogP contribution is -2.29. The quantitative estimate of drug-likeness (QED) is 0.751. The molecule has 0 radical (unpaired) electrons. The van der Waals surface area contributed by atoms with Gasteiger partial charge in [0.2, 0.25) is 0 Å². The van der Waals surface area contributed by atoms with E-state index in [1.807, 2.05) is 0 Å². The molecule has 2 aromatic rings. The smallest absolute Gasteiger partial charge is 0.102 e. The second-order valence-electron chi connectivity index (χ2n) is 5.53. The van der Waals surface area contributed by atoms with Gasteiger partial charge in [-0.3, -0.25) is 0 Å². The third kappa shape index (κ3) is 2.34. The molecule has 102 valence electrons. The second kappa shape index (κ2) is 5.12. The molecule has 0 amide bonds. The van der Waals surface area contributed by atoms with Crippen molar-refractivity contribution in [1.82, 2.24) is 4.90 Å². The van der Waals surface area contributed by atoms with E-state index in [1.165, 1.54) is 16.7 Å². The van der Waals surface area contributed by atoms with Crippen LogP contribution in [0.3, 0.4) is 0 Å². The zero-order chi connectivity index (χ0) is 14.1. The molecule has 0 saturated carbocycles. The van der Waals surface area contributed by atoms with Crippen molar-refractivity contribution < 1.29 is 0 Å². The van der Waals surface area contributed by atoms with Crippen LogP contribution in [0.5, 0.6) is 0 Å². The minimum Gasteiger partial charge on any atom is -0.356 e. The Morgan fingerprint density at radius 1 is 1.00 bits per heavy atom. The highest BCUT2D eigenvalue weighted by atomic mass is 15.2. The fraction of sp³-hybridized carbons (Fsp3) is 0.278. The predicted octanol–water partition coefficient (Wildman–Crippen LogP) is 4.27. The summed E-state index contributed by atoms with van der Waals surface area (Å²) in [4.78, 5) is 7.04. The minimum atomic E-state index is 0.350. The first-order chi connectivity index (χ1) is 9.65. The first kappa shape index (κ1) is 12.9. The van der Waals surface area contributed by atoms with E-state index in [1.54, 1.807) is 0 Å². The number of hydrogen-bond donors (Lipinski definition) is 0. The monoisotopic (exact) mass is 264 g/mol. The van der Waals surface area contributed by atoms with Gasteiger partial charge in [0.05, 0.1) is 11.7 Å². The van der Waals surface area contributed by atoms with E-state index in [0.717, 1.165) is 17.9 Å². The molecule has 1 aliphatic heterocycles. The number of para-hydroxylation sites is 1. The molecular weight excluding hydrogens is 244 g/mol. The number of amidine groups is 1. The van der Waals surface area contributed by atoms with Crippen LogP contribution in [0.4, 0.5) is 5.69 Å². The summed E-state index contributed by atoms with van der Waals surface area (Å²) in [5, 5.41) is 0. The zero-order valence-electron chi connectivity index (χ0n) is 12.3. The summed E-state index contributed by atoms with van der Waals surface area (Å²) in [7, 11) is 2.13. The van der Waals surface area contributed by atoms with Gasteiger partial charge in [0, 0.05) is 7.05 Å². The lowest BCUT2D eigenvalue weighted by Gasteiger charge is -2.28. The number of aliphatic imine (C=N–C) groups is 1. The van der Waals surface area contributed by atoms with Gasteiger partial charge in [-0.15, -0.1) is 0 Å². The van der Waals surface area contributed by atoms with Crippen LogP contribution in [0.2, 0.25) is 0 Å². The Labute approximate surface area is 120 Å². The molecule has 0 aliphatic carbocycles. The highest BCUT2D eigenvalue weighted by Crippen LogP contribution is 2.32. The summed E-state index contributed by atoms with van der Waals surface area (Å²) >= 11 is 0. The van der Waals surface area contributed by atoms with E-state index in [4.69, 9.17) is 4.99 Å². The molecule has 0 saturated heterocycles. The van der Waals surface area contributed by atoms with Crippen LogP contribution < -0.4 is 0 Å². The van der Waals surface area contributed by atoms with Crippen LogP contribution in [-0.4, -0.2) is 17.8 Å². The molecule has 1 atom stereocenters. The summed E-state index contributed by atoms with van der Waals surface area (Å²) in [6, 6.07) is 17.6. The highest BCUT2D eigenvalue weighted by molar-refractivity contribution is 5.84. The van der Waals surface area contributed by atoms with Crippen molar-refractivity contribution >= 4 is 11.5 Å². The van der Waals surface area contributed by atoms with Crippen LogP contribution in [0.15, 0.2) is 53.5 Å². The molecule has 0 aromatic heterocycles. The predicted molar refractivity (Wildman–Crippen MR) is 84.6 cm³/mol. The third-order valence-corrected chi connectivity index (χ3v) is 4.13. The number of aryl methyl sites for hydroxylation is 1. The number of hydrogen-bond acceptors (Lipinski definition) is 2. The van der Waals surface area contributed by atoms with E-state index in [0.29, 0.717) is 6.04 Å². The molecular formula is C18H20N2. The van der Waals surface area contributed by atoms with Gasteiger partial charge in [-0.25, -0.2) is 4.99 Å². The number of benzene rings is 2. The topological polar surface area (TPSA) is 15.6 Å². The van der Waals surface area contributed by atoms with Crippen molar-refractivity contribution in [3.8, 4) is 0 Å². The Balaban J connectivity index is 2.04. The molecule has 2 aromatic carbocycles. The molecule has 3 rings (SSSR count). The fourth-order valence-electron chi connectivity index (χ4n) is 2.75. The Hall–Kier alpha value is -2.09. The van der Waals surface area contributed by atoms with E-state index in [9.17, 15) is 0 Å². The van der Waals surface area contributed by atoms with Crippen molar-refractivity contribution in [2.45, 2.75) is 26.3 Å². The molecule has 1 aliphatic rings. The Bertz CT molecular complexity index is 641. The van der Waals surface area contributed by atoms with Crippen molar-refractivity contribution in [3.63, 3.8) is 0 Å². The summed E-state index contributed by atoms with van der Waals surface area (Å²) in [6.45, 7) is 4.21. The zero-order valence-corrected chi connectivity index (χ0v) is 12.3. The van der Waals surface area contributed by atoms with Crippen LogP contribution >= 0.6 is 0 Å². The van der Waals surface area contributed by atoms with Crippen molar-refractivity contribution in [3.05, 3.63) is 65.2 Å². The first-order valence-corrected chi connectivity index (χ1v) is 7.08. The molecule has 2 heteroatoms. The maximum absolute atomic E-state index is 4.76. The number of fused-ring (bicyclic) bond motifs is 1. The van der Waals surface area contributed by atoms with Gasteiger partial charge in [-0.1, -0.05) is 48.0 Å². The van der Waals surface area contributed by atoms with Crippen LogP contribution in [0, 0.1) is 6.92 Å². The largest absolute Gasteiger partial charge is 0.356 e. The number of nitrogens with zero attached hydrogens (tertiary/aromatic N) is 2. The van der Waals surface area contributed by atoms with Gasteiger partial charge in [-0.05, 0) is 37.5 Å². The fourth-order valence-corrected chi connectivity index (χ4v) is 2.75. The second-order valence-corrected chi connectivity index (χ2v) is 5.53. The number of likely N-dealkylation sites (N-methyl/N-ethyl adjacent to an activating group) is 1. The standard InChI is InChI=1S/C18H20N2/c1-13-8-10-15(11-9-13)18-12-16-6-4-5-7-17(16)19-14(2)20(18)3/h4-11,18H,12H2,1-3H3. The Morgan fingerprint density at radius 2 is 1.70 bits per heavy atom. The summed E-state index contributed by atoms with van der Waals surface area (Å²) < 4.78 is 0. The van der Waals surface area contributed by atoms with Crippen LogP contribution in [0.1, 0.15) is 29.7 Å². The number of rotatable bonds is 1. The molecule has 1 unspecified atom stereocenters. The third-order valence-electron chi connectivity index (χ3n) is 4.13. The average molecular weight is 264 g/mol. The molecule has 0 N–H and O–H groups in total. The van der Waals surface area contributed by atoms with Gasteiger partial charge in [-0.2, -0.15) is 0 Å². The lowest BCUT2D eigenvalue weighted by molar-refractivity contribution is 0.374. The van der Waals surface area contributed by atoms with Gasteiger partial charge in [0.15, 0.2) is 0 Å². The molecule has 0 spiro atoms. The lowest BCUT2D eigenvalue weighted by atomic mass is 9.96. The molecule has 1 heterocycles. The maximum Gasteiger partial charge on any atom is 0.102 e. The van der Waals surface area contributed by atoms with E-state index in [-0.39, 0.29) is 0 Å². The van der Waals surface area contributed by atoms with Crippen molar-refractivity contribution in [1.29, 1.82) is 0 Å². The normalized spacial score (nSPS) is 18.2. The Kier molecular flexibility index (Phi) is 3.31. The maximum atomic E-state index is 4.76. The molecule has 20 heavy (non-hydrogen) atoms. The summed E-state index contributed by atoms with van der Waals surface area (Å²) in [6.07, 6.45) is 0.997. The SMILES string of the molecule is CC1=Nc2ccccc2CC(c2ccc(C)cc2)N1C. The summed E-state index contributed by atoms with van der Waals surface area (Å²) in [5.74, 6) is 1.07. The van der Waals surface area contributed by atoms with Crippen LogP contribution in [-0.2, 0) is 6.42 Å².